The molecule has 4 nitrogen and oxygen atoms in total. The third-order valence-electron chi connectivity index (χ3n) is 10.3. The zero-order valence-electron chi connectivity index (χ0n) is 34.2. The summed E-state index contributed by atoms with van der Waals surface area (Å²) in [5.41, 5.74) is 1.20. The van der Waals surface area contributed by atoms with Gasteiger partial charge < -0.3 is 9.80 Å². The average molecular weight is 817 g/mol. The molecule has 4 aromatic rings. The van der Waals surface area contributed by atoms with Gasteiger partial charge in [0.15, 0.2) is 0 Å². The molecule has 1 aliphatic heterocycles. The Hall–Kier alpha value is -4.81. The molecular formula is C45H49F9N4. The summed E-state index contributed by atoms with van der Waals surface area (Å²) in [4.78, 5) is 13.2. The second kappa shape index (κ2) is 16.8. The van der Waals surface area contributed by atoms with Crippen LogP contribution in [0, 0.1) is 27.7 Å². The van der Waals surface area contributed by atoms with Gasteiger partial charge >= 0.3 is 18.5 Å². The number of alkyl halides is 9. The van der Waals surface area contributed by atoms with Crippen LogP contribution in [0.25, 0.3) is 0 Å². The number of aliphatic imine (C=N–C) groups is 2. The van der Waals surface area contributed by atoms with Crippen molar-refractivity contribution in [2.75, 3.05) is 19.8 Å². The lowest BCUT2D eigenvalue weighted by Crippen LogP contribution is -2.50. The summed E-state index contributed by atoms with van der Waals surface area (Å²) in [6.07, 6.45) is -14.4. The quantitative estimate of drug-likeness (QED) is 0.106. The average Bonchev–Trinajstić information content (AvgIpc) is 3.11. The summed E-state index contributed by atoms with van der Waals surface area (Å²) in [7, 11) is 0. The Morgan fingerprint density at radius 3 is 1.62 bits per heavy atom. The zero-order chi connectivity index (χ0) is 43.1. The van der Waals surface area contributed by atoms with E-state index >= 15 is 0 Å². The van der Waals surface area contributed by atoms with Gasteiger partial charge in [-0.1, -0.05) is 82.1 Å². The van der Waals surface area contributed by atoms with E-state index in [1.54, 1.807) is 0 Å². The van der Waals surface area contributed by atoms with Crippen LogP contribution in [0.3, 0.4) is 0 Å². The monoisotopic (exact) mass is 816 g/mol. The number of nitrogens with zero attached hydrogens (tertiary/aromatic N) is 4. The summed E-state index contributed by atoms with van der Waals surface area (Å²) >= 11 is 0. The maximum Gasteiger partial charge on any atom is 0.418 e. The van der Waals surface area contributed by atoms with Crippen LogP contribution in [0.1, 0.15) is 120 Å². The number of halogens is 9. The van der Waals surface area contributed by atoms with Gasteiger partial charge in [-0.25, -0.2) is 9.98 Å². The van der Waals surface area contributed by atoms with Crippen molar-refractivity contribution in [2.24, 2.45) is 9.98 Å². The number of benzene rings is 4. The molecule has 0 radical (unpaired) electrons. The highest BCUT2D eigenvalue weighted by Gasteiger charge is 2.39. The van der Waals surface area contributed by atoms with Crippen LogP contribution in [-0.4, -0.2) is 41.2 Å². The highest BCUT2D eigenvalue weighted by molar-refractivity contribution is 6.05. The van der Waals surface area contributed by atoms with Crippen LogP contribution < -0.4 is 0 Å². The standard InChI is InChI=1S/C45H49F9N4/c1-10-31-19-27(6)17-29(8)38(31)42(56-40-35(25(2)3)13-11-14-36(40)26(4)5)58-16-12-15-57(24-58)41(55-39-30(9)18-28(7)20-37(39)45(52,53)54)32-21-33(43(46,47)48)23-34(22-32)44(49,50)51/h11,13-14,17-23,25-26H,10,12,15-16,24H2,1-9H3. The molecule has 1 fully saturated rings. The lowest BCUT2D eigenvalue weighted by atomic mass is 9.92. The number of para-hydroxylation sites is 1. The summed E-state index contributed by atoms with van der Waals surface area (Å²) in [5, 5.41) is 0. The third kappa shape index (κ3) is 9.72. The van der Waals surface area contributed by atoms with Crippen LogP contribution in [0.15, 0.2) is 70.6 Å². The van der Waals surface area contributed by atoms with Gasteiger partial charge in [-0.2, -0.15) is 39.5 Å². The van der Waals surface area contributed by atoms with Crippen molar-refractivity contribution >= 4 is 23.0 Å². The van der Waals surface area contributed by atoms with E-state index in [1.165, 1.54) is 24.8 Å². The predicted octanol–water partition coefficient (Wildman–Crippen LogP) is 13.6. The molecule has 312 valence electrons. The van der Waals surface area contributed by atoms with Gasteiger partial charge in [0.1, 0.15) is 11.7 Å². The molecule has 58 heavy (non-hydrogen) atoms. The molecule has 1 saturated heterocycles. The van der Waals surface area contributed by atoms with Crippen LogP contribution in [0.2, 0.25) is 0 Å². The van der Waals surface area contributed by atoms with Gasteiger partial charge in [-0.15, -0.1) is 0 Å². The summed E-state index contributed by atoms with van der Waals surface area (Å²) < 4.78 is 130. The van der Waals surface area contributed by atoms with Crippen molar-refractivity contribution in [1.29, 1.82) is 0 Å². The van der Waals surface area contributed by atoms with E-state index in [1.807, 2.05) is 49.9 Å². The Morgan fingerprint density at radius 1 is 0.621 bits per heavy atom. The zero-order valence-corrected chi connectivity index (χ0v) is 34.2. The maximum absolute atomic E-state index is 14.6. The first-order valence-electron chi connectivity index (χ1n) is 19.3. The van der Waals surface area contributed by atoms with Gasteiger partial charge in [0, 0.05) is 24.2 Å². The molecule has 0 N–H and O–H groups in total. The SMILES string of the molecule is CCc1cc(C)cc(C)c1C(=Nc1c(C(C)C)cccc1C(C)C)N1CCCN(C(=Nc2c(C)cc(C)cc2C(F)(F)F)c2cc(C(F)(F)F)cc(C(F)(F)F)c2)C1. The fourth-order valence-corrected chi connectivity index (χ4v) is 7.66. The third-order valence-corrected chi connectivity index (χ3v) is 10.3. The van der Waals surface area contributed by atoms with Gasteiger partial charge in [-0.05, 0) is 104 Å². The van der Waals surface area contributed by atoms with E-state index in [4.69, 9.17) is 4.99 Å². The fraction of sp³-hybridized carbons (Fsp3) is 0.422. The molecule has 0 saturated carbocycles. The molecule has 13 heteroatoms. The van der Waals surface area contributed by atoms with Gasteiger partial charge in [-0.3, -0.25) is 0 Å². The van der Waals surface area contributed by atoms with E-state index < -0.39 is 52.3 Å². The van der Waals surface area contributed by atoms with Crippen molar-refractivity contribution in [3.63, 3.8) is 0 Å². The van der Waals surface area contributed by atoms with Gasteiger partial charge in [0.25, 0.3) is 0 Å². The smallest absolute Gasteiger partial charge is 0.338 e. The van der Waals surface area contributed by atoms with E-state index in [0.29, 0.717) is 37.4 Å². The number of rotatable bonds is 7. The van der Waals surface area contributed by atoms with E-state index in [-0.39, 0.29) is 42.2 Å². The van der Waals surface area contributed by atoms with E-state index in [2.05, 4.69) is 38.8 Å². The van der Waals surface area contributed by atoms with Crippen LogP contribution in [0.5, 0.6) is 0 Å². The molecule has 5 rings (SSSR count). The summed E-state index contributed by atoms with van der Waals surface area (Å²) in [6, 6.07) is 13.4. The molecule has 1 heterocycles. The lowest BCUT2D eigenvalue weighted by molar-refractivity contribution is -0.143. The molecule has 0 unspecified atom stereocenters. The molecule has 0 atom stereocenters. The Kier molecular flexibility index (Phi) is 12.8. The molecular weight excluding hydrogens is 768 g/mol. The van der Waals surface area contributed by atoms with Crippen molar-refractivity contribution in [3.05, 3.63) is 127 Å². The highest BCUT2D eigenvalue weighted by Crippen LogP contribution is 2.42. The van der Waals surface area contributed by atoms with Gasteiger partial charge in [0.2, 0.25) is 0 Å². The Labute approximate surface area is 334 Å². The lowest BCUT2D eigenvalue weighted by Gasteiger charge is -2.40. The first kappa shape index (κ1) is 44.3. The Bertz CT molecular complexity index is 2150. The van der Waals surface area contributed by atoms with Crippen LogP contribution >= 0.6 is 0 Å². The number of aryl methyl sites for hydroxylation is 5. The van der Waals surface area contributed by atoms with Crippen molar-refractivity contribution < 1.29 is 39.5 Å². The summed E-state index contributed by atoms with van der Waals surface area (Å²) in [5.74, 6) is 0.226. The first-order valence-corrected chi connectivity index (χ1v) is 19.3. The predicted molar refractivity (Wildman–Crippen MR) is 213 cm³/mol. The Balaban J connectivity index is 1.84. The minimum atomic E-state index is -5.21. The minimum Gasteiger partial charge on any atom is -0.338 e. The normalized spacial score (nSPS) is 15.0. The number of hydrogen-bond acceptors (Lipinski definition) is 2. The molecule has 4 aromatic carbocycles. The largest absolute Gasteiger partial charge is 0.418 e. The molecule has 0 bridgehead atoms. The second-order valence-electron chi connectivity index (χ2n) is 15.7. The number of hydrogen-bond donors (Lipinski definition) is 0. The maximum atomic E-state index is 14.6. The van der Waals surface area contributed by atoms with Crippen LogP contribution in [-0.2, 0) is 24.9 Å². The summed E-state index contributed by atoms with van der Waals surface area (Å²) in [6.45, 7) is 17.3. The fourth-order valence-electron chi connectivity index (χ4n) is 7.66. The van der Waals surface area contributed by atoms with Crippen molar-refractivity contribution in [2.45, 2.75) is 106 Å². The molecule has 0 aromatic heterocycles. The van der Waals surface area contributed by atoms with E-state index in [9.17, 15) is 39.5 Å². The van der Waals surface area contributed by atoms with E-state index in [0.717, 1.165) is 45.1 Å². The van der Waals surface area contributed by atoms with Crippen LogP contribution in [0.4, 0.5) is 50.9 Å². The number of amidine groups is 2. The van der Waals surface area contributed by atoms with Crippen molar-refractivity contribution in [1.82, 2.24) is 9.80 Å². The molecule has 0 aliphatic carbocycles. The second-order valence-corrected chi connectivity index (χ2v) is 15.7. The topological polar surface area (TPSA) is 31.2 Å². The molecule has 0 spiro atoms. The highest BCUT2D eigenvalue weighted by atomic mass is 19.4. The first-order chi connectivity index (χ1) is 26.9. The molecule has 0 amide bonds. The van der Waals surface area contributed by atoms with Gasteiger partial charge in [0.05, 0.1) is 34.7 Å². The van der Waals surface area contributed by atoms with Crippen molar-refractivity contribution in [3.8, 4) is 0 Å². The Morgan fingerprint density at radius 2 is 1.12 bits per heavy atom. The molecule has 1 aliphatic rings. The minimum absolute atomic E-state index is 0.00240.